The van der Waals surface area contributed by atoms with E-state index >= 15 is 0 Å². The van der Waals surface area contributed by atoms with Gasteiger partial charge in [-0.3, -0.25) is 0 Å². The van der Waals surface area contributed by atoms with Crippen molar-refractivity contribution in [2.24, 2.45) is 16.7 Å². The highest BCUT2D eigenvalue weighted by Crippen LogP contribution is 2.62. The van der Waals surface area contributed by atoms with Crippen molar-refractivity contribution in [2.45, 2.75) is 64.9 Å². The first-order chi connectivity index (χ1) is 9.21. The molecule has 0 saturated heterocycles. The molecule has 2 atom stereocenters. The van der Waals surface area contributed by atoms with Gasteiger partial charge in [0.15, 0.2) is 0 Å². The van der Waals surface area contributed by atoms with Crippen LogP contribution in [0, 0.1) is 16.7 Å². The molecule has 1 aromatic carbocycles. The van der Waals surface area contributed by atoms with Gasteiger partial charge in [0, 0.05) is 0 Å². The van der Waals surface area contributed by atoms with Gasteiger partial charge in [0.1, 0.15) is 0 Å². The predicted molar refractivity (Wildman–Crippen MR) is 83.7 cm³/mol. The lowest BCUT2D eigenvalue weighted by Crippen LogP contribution is -2.47. The van der Waals surface area contributed by atoms with Crippen molar-refractivity contribution in [1.82, 2.24) is 0 Å². The average molecular weight is 272 g/mol. The molecule has 2 aliphatic rings. The fourth-order valence-electron chi connectivity index (χ4n) is 5.26. The maximum atomic E-state index is 11.3. The summed E-state index contributed by atoms with van der Waals surface area (Å²) in [5, 5.41) is 11.3. The lowest BCUT2D eigenvalue weighted by Gasteiger charge is -2.50. The molecule has 2 unspecified atom stereocenters. The second-order valence-electron chi connectivity index (χ2n) is 8.82. The first kappa shape index (κ1) is 14.1. The summed E-state index contributed by atoms with van der Waals surface area (Å²) in [5.41, 5.74) is 1.44. The van der Waals surface area contributed by atoms with Crippen molar-refractivity contribution >= 4 is 0 Å². The van der Waals surface area contributed by atoms with E-state index in [0.29, 0.717) is 11.8 Å². The number of rotatable bonds is 2. The number of benzene rings is 1. The Kier molecular flexibility index (Phi) is 3.06. The fourth-order valence-corrected chi connectivity index (χ4v) is 5.26. The smallest absolute Gasteiger partial charge is 0.0692 e. The maximum Gasteiger partial charge on any atom is 0.0692 e. The molecule has 0 amide bonds. The zero-order chi connectivity index (χ0) is 14.6. The zero-order valence-electron chi connectivity index (χ0n) is 13.3. The van der Waals surface area contributed by atoms with E-state index in [1.165, 1.54) is 12.0 Å². The largest absolute Gasteiger partial charge is 0.390 e. The Morgan fingerprint density at radius 3 is 2.00 bits per heavy atom. The van der Waals surface area contributed by atoms with Gasteiger partial charge in [-0.1, -0.05) is 58.0 Å². The van der Waals surface area contributed by atoms with Crippen LogP contribution in [0.25, 0.3) is 0 Å². The standard InChI is InChI=1S/C19H28O/c1-17(2)11-18(3,4)13-19(20,12-17)16-10-15(16)14-8-6-5-7-9-14/h5-9,15-16,20H,10-13H2,1-4H3. The van der Waals surface area contributed by atoms with E-state index < -0.39 is 5.60 Å². The van der Waals surface area contributed by atoms with E-state index in [2.05, 4.69) is 58.0 Å². The Morgan fingerprint density at radius 1 is 0.900 bits per heavy atom. The van der Waals surface area contributed by atoms with Gasteiger partial charge in [0.05, 0.1) is 5.60 Å². The summed E-state index contributed by atoms with van der Waals surface area (Å²) < 4.78 is 0. The Labute approximate surface area is 123 Å². The zero-order valence-corrected chi connectivity index (χ0v) is 13.3. The summed E-state index contributed by atoms with van der Waals surface area (Å²) in [6, 6.07) is 10.7. The Bertz CT molecular complexity index is 470. The lowest BCUT2D eigenvalue weighted by atomic mass is 9.58. The molecule has 2 fully saturated rings. The highest BCUT2D eigenvalue weighted by molar-refractivity contribution is 5.28. The molecule has 0 spiro atoms. The van der Waals surface area contributed by atoms with Gasteiger partial charge in [0.25, 0.3) is 0 Å². The van der Waals surface area contributed by atoms with Crippen molar-refractivity contribution in [3.63, 3.8) is 0 Å². The van der Waals surface area contributed by atoms with Gasteiger partial charge in [-0.15, -0.1) is 0 Å². The van der Waals surface area contributed by atoms with Gasteiger partial charge in [-0.2, -0.15) is 0 Å². The molecule has 0 aromatic heterocycles. The van der Waals surface area contributed by atoms with E-state index in [9.17, 15) is 5.11 Å². The average Bonchev–Trinajstić information content (AvgIpc) is 3.05. The molecular formula is C19H28O. The summed E-state index contributed by atoms with van der Waals surface area (Å²) in [4.78, 5) is 0. The third-order valence-corrected chi connectivity index (χ3v) is 5.23. The third kappa shape index (κ3) is 2.65. The Balaban J connectivity index is 1.80. The van der Waals surface area contributed by atoms with E-state index in [0.717, 1.165) is 19.3 Å². The first-order valence-corrected chi connectivity index (χ1v) is 7.98. The predicted octanol–water partition coefficient (Wildman–Crippen LogP) is 4.76. The molecule has 2 aliphatic carbocycles. The van der Waals surface area contributed by atoms with Crippen LogP contribution in [0.3, 0.4) is 0 Å². The minimum atomic E-state index is -0.467. The molecule has 1 nitrogen and oxygen atoms in total. The third-order valence-electron chi connectivity index (χ3n) is 5.23. The number of hydrogen-bond donors (Lipinski definition) is 1. The molecule has 0 radical (unpaired) electrons. The quantitative estimate of drug-likeness (QED) is 0.823. The minimum Gasteiger partial charge on any atom is -0.390 e. The molecule has 0 heterocycles. The highest BCUT2D eigenvalue weighted by Gasteiger charge is 2.58. The molecule has 110 valence electrons. The molecule has 20 heavy (non-hydrogen) atoms. The molecule has 0 aliphatic heterocycles. The van der Waals surface area contributed by atoms with Crippen LogP contribution < -0.4 is 0 Å². The lowest BCUT2D eigenvalue weighted by molar-refractivity contribution is -0.101. The van der Waals surface area contributed by atoms with Crippen LogP contribution >= 0.6 is 0 Å². The second-order valence-corrected chi connectivity index (χ2v) is 8.82. The van der Waals surface area contributed by atoms with E-state index in [-0.39, 0.29) is 10.8 Å². The normalized spacial score (nSPS) is 33.6. The van der Waals surface area contributed by atoms with Crippen molar-refractivity contribution in [2.75, 3.05) is 0 Å². The molecular weight excluding hydrogens is 244 g/mol. The van der Waals surface area contributed by atoms with E-state index in [1.807, 2.05) is 0 Å². The van der Waals surface area contributed by atoms with Crippen LogP contribution in [0.5, 0.6) is 0 Å². The van der Waals surface area contributed by atoms with Crippen LogP contribution in [-0.2, 0) is 0 Å². The summed E-state index contributed by atoms with van der Waals surface area (Å²) in [6.07, 6.45) is 4.28. The maximum absolute atomic E-state index is 11.3. The Hall–Kier alpha value is -0.820. The van der Waals surface area contributed by atoms with Crippen molar-refractivity contribution in [1.29, 1.82) is 0 Å². The monoisotopic (exact) mass is 272 g/mol. The van der Waals surface area contributed by atoms with Crippen molar-refractivity contribution in [3.8, 4) is 0 Å². The molecule has 2 saturated carbocycles. The van der Waals surface area contributed by atoms with Gasteiger partial charge < -0.3 is 5.11 Å². The molecule has 0 bridgehead atoms. The second kappa shape index (κ2) is 4.34. The summed E-state index contributed by atoms with van der Waals surface area (Å²) >= 11 is 0. The fraction of sp³-hybridized carbons (Fsp3) is 0.684. The number of aliphatic hydroxyl groups is 1. The first-order valence-electron chi connectivity index (χ1n) is 7.98. The van der Waals surface area contributed by atoms with E-state index in [4.69, 9.17) is 0 Å². The summed E-state index contributed by atoms with van der Waals surface area (Å²) in [5.74, 6) is 1.04. The van der Waals surface area contributed by atoms with E-state index in [1.54, 1.807) is 0 Å². The molecule has 3 rings (SSSR count). The van der Waals surface area contributed by atoms with Crippen molar-refractivity contribution in [3.05, 3.63) is 35.9 Å². The van der Waals surface area contributed by atoms with Crippen molar-refractivity contribution < 1.29 is 5.11 Å². The summed E-state index contributed by atoms with van der Waals surface area (Å²) in [7, 11) is 0. The Morgan fingerprint density at radius 2 is 1.45 bits per heavy atom. The minimum absolute atomic E-state index is 0.250. The van der Waals surface area contributed by atoms with Crippen LogP contribution in [0.15, 0.2) is 30.3 Å². The highest BCUT2D eigenvalue weighted by atomic mass is 16.3. The SMILES string of the molecule is CC1(C)CC(C)(C)CC(O)(C2CC2c2ccccc2)C1. The van der Waals surface area contributed by atoms with Gasteiger partial charge >= 0.3 is 0 Å². The molecule has 1 heteroatoms. The molecule has 1 N–H and O–H groups in total. The number of hydrogen-bond acceptors (Lipinski definition) is 1. The van der Waals surface area contributed by atoms with Crippen LogP contribution in [0.2, 0.25) is 0 Å². The summed E-state index contributed by atoms with van der Waals surface area (Å²) in [6.45, 7) is 9.27. The molecule has 1 aromatic rings. The van der Waals surface area contributed by atoms with Crippen LogP contribution in [0.4, 0.5) is 0 Å². The van der Waals surface area contributed by atoms with Gasteiger partial charge in [-0.25, -0.2) is 0 Å². The van der Waals surface area contributed by atoms with Gasteiger partial charge in [-0.05, 0) is 53.9 Å². The van der Waals surface area contributed by atoms with Crippen LogP contribution in [0.1, 0.15) is 64.9 Å². The van der Waals surface area contributed by atoms with Crippen LogP contribution in [-0.4, -0.2) is 10.7 Å². The topological polar surface area (TPSA) is 20.2 Å². The van der Waals surface area contributed by atoms with Gasteiger partial charge in [0.2, 0.25) is 0 Å².